The average Bonchev–Trinajstić information content (AvgIpc) is 3.15. The largest absolute Gasteiger partial charge is 0.368 e. The van der Waals surface area contributed by atoms with E-state index >= 15 is 0 Å². The van der Waals surface area contributed by atoms with E-state index in [1.165, 1.54) is 6.20 Å². The summed E-state index contributed by atoms with van der Waals surface area (Å²) in [6.45, 7) is 1.22. The molecule has 24 heavy (non-hydrogen) atoms. The summed E-state index contributed by atoms with van der Waals surface area (Å²) in [5.41, 5.74) is 2.30. The molecule has 0 unspecified atom stereocenters. The van der Waals surface area contributed by atoms with Gasteiger partial charge in [0, 0.05) is 25.0 Å². The highest BCUT2D eigenvalue weighted by atomic mass is 16.5. The molecule has 122 valence electrons. The lowest BCUT2D eigenvalue weighted by Crippen LogP contribution is -2.26. The Hall–Kier alpha value is -2.91. The highest BCUT2D eigenvalue weighted by molar-refractivity contribution is 5.94. The number of benzene rings is 1. The summed E-state index contributed by atoms with van der Waals surface area (Å²) in [4.78, 5) is 16.2. The van der Waals surface area contributed by atoms with E-state index in [1.807, 2.05) is 30.3 Å². The molecule has 2 heterocycles. The van der Waals surface area contributed by atoms with Gasteiger partial charge in [-0.3, -0.25) is 4.79 Å². The second kappa shape index (κ2) is 7.57. The van der Waals surface area contributed by atoms with Gasteiger partial charge in [0.25, 0.3) is 5.91 Å². The Bertz CT molecular complexity index is 746. The number of pyridine rings is 1. The number of nitrogens with one attached hydrogen (secondary N) is 2. The lowest BCUT2D eigenvalue weighted by Gasteiger charge is -2.12. The van der Waals surface area contributed by atoms with Crippen molar-refractivity contribution in [2.75, 3.05) is 17.2 Å². The third kappa shape index (κ3) is 4.09. The van der Waals surface area contributed by atoms with Crippen molar-refractivity contribution in [1.82, 2.24) is 4.98 Å². The summed E-state index contributed by atoms with van der Waals surface area (Å²) in [6, 6.07) is 13.2. The van der Waals surface area contributed by atoms with E-state index in [-0.39, 0.29) is 12.0 Å². The molecular formula is C18H18N4O2. The molecule has 3 rings (SSSR count). The zero-order chi connectivity index (χ0) is 16.8. The second-order valence-electron chi connectivity index (χ2n) is 5.59. The average molecular weight is 322 g/mol. The molecule has 1 aliphatic heterocycles. The van der Waals surface area contributed by atoms with Gasteiger partial charge < -0.3 is 15.4 Å². The van der Waals surface area contributed by atoms with Crippen LogP contribution in [0.2, 0.25) is 0 Å². The van der Waals surface area contributed by atoms with Gasteiger partial charge in [0.2, 0.25) is 0 Å². The maximum atomic E-state index is 12.1. The molecule has 1 saturated heterocycles. The zero-order valence-electron chi connectivity index (χ0n) is 13.2. The molecule has 1 aromatic heterocycles. The van der Waals surface area contributed by atoms with Gasteiger partial charge in [0.15, 0.2) is 0 Å². The quantitative estimate of drug-likeness (QED) is 0.884. The fourth-order valence-corrected chi connectivity index (χ4v) is 2.52. The summed E-state index contributed by atoms with van der Waals surface area (Å²) in [6.07, 6.45) is 2.90. The molecule has 1 amide bonds. The van der Waals surface area contributed by atoms with Gasteiger partial charge >= 0.3 is 0 Å². The van der Waals surface area contributed by atoms with Crippen molar-refractivity contribution in [3.8, 4) is 6.07 Å². The molecule has 0 radical (unpaired) electrons. The van der Waals surface area contributed by atoms with E-state index in [2.05, 4.69) is 15.6 Å². The first-order valence-electron chi connectivity index (χ1n) is 7.86. The molecule has 1 atom stereocenters. The normalized spacial score (nSPS) is 16.4. The third-order valence-electron chi connectivity index (χ3n) is 3.78. The first-order chi connectivity index (χ1) is 11.7. The molecule has 0 bridgehead atoms. The third-order valence-corrected chi connectivity index (χ3v) is 3.78. The summed E-state index contributed by atoms with van der Waals surface area (Å²) in [5, 5.41) is 14.8. The van der Waals surface area contributed by atoms with Gasteiger partial charge in [-0.15, -0.1) is 0 Å². The Morgan fingerprint density at radius 1 is 1.38 bits per heavy atom. The highest BCUT2D eigenvalue weighted by Gasteiger charge is 2.23. The van der Waals surface area contributed by atoms with Gasteiger partial charge in [0.05, 0.1) is 5.56 Å². The van der Waals surface area contributed by atoms with E-state index < -0.39 is 0 Å². The standard InChI is InChI=1S/C18H18N4O2/c19-10-14-6-7-17(21-12-14)20-11-13-3-1-4-15(9-13)22-18(23)16-5-2-8-24-16/h1,3-4,6-7,9,12,16H,2,5,8,11H2,(H,20,21)(H,22,23)/t16-/m1/s1. The van der Waals surface area contributed by atoms with E-state index in [9.17, 15) is 4.79 Å². The predicted molar refractivity (Wildman–Crippen MR) is 90.3 cm³/mol. The Morgan fingerprint density at radius 2 is 2.29 bits per heavy atom. The lowest BCUT2D eigenvalue weighted by molar-refractivity contribution is -0.124. The summed E-state index contributed by atoms with van der Waals surface area (Å²) < 4.78 is 5.39. The molecule has 0 spiro atoms. The van der Waals surface area contributed by atoms with Gasteiger partial charge in [-0.2, -0.15) is 5.26 Å². The van der Waals surface area contributed by atoms with E-state index in [4.69, 9.17) is 10.00 Å². The second-order valence-corrected chi connectivity index (χ2v) is 5.59. The Kier molecular flexibility index (Phi) is 5.04. The van der Waals surface area contributed by atoms with Crippen molar-refractivity contribution in [2.24, 2.45) is 0 Å². The minimum atomic E-state index is -0.338. The summed E-state index contributed by atoms with van der Waals surface area (Å²) >= 11 is 0. The summed E-state index contributed by atoms with van der Waals surface area (Å²) in [5.74, 6) is 0.606. The number of hydrogen-bond acceptors (Lipinski definition) is 5. The Morgan fingerprint density at radius 3 is 3.00 bits per heavy atom. The van der Waals surface area contributed by atoms with Crippen molar-refractivity contribution in [3.05, 3.63) is 53.7 Å². The maximum absolute atomic E-state index is 12.1. The van der Waals surface area contributed by atoms with Gasteiger partial charge in [-0.25, -0.2) is 4.98 Å². The smallest absolute Gasteiger partial charge is 0.253 e. The number of rotatable bonds is 5. The van der Waals surface area contributed by atoms with Crippen molar-refractivity contribution >= 4 is 17.4 Å². The van der Waals surface area contributed by atoms with E-state index in [1.54, 1.807) is 12.1 Å². The molecule has 1 aliphatic rings. The van der Waals surface area contributed by atoms with Crippen LogP contribution < -0.4 is 10.6 Å². The number of aromatic nitrogens is 1. The molecule has 6 heteroatoms. The number of nitrogens with zero attached hydrogens (tertiary/aromatic N) is 2. The molecule has 6 nitrogen and oxygen atoms in total. The van der Waals surface area contributed by atoms with Gasteiger partial charge in [-0.1, -0.05) is 12.1 Å². The highest BCUT2D eigenvalue weighted by Crippen LogP contribution is 2.17. The predicted octanol–water partition coefficient (Wildman–Crippen LogP) is 2.68. The molecule has 2 N–H and O–H groups in total. The number of amides is 1. The van der Waals surface area contributed by atoms with Crippen LogP contribution in [-0.2, 0) is 16.1 Å². The molecule has 0 saturated carbocycles. The Balaban J connectivity index is 1.58. The fraction of sp³-hybridized carbons (Fsp3) is 0.278. The van der Waals surface area contributed by atoms with E-state index in [0.29, 0.717) is 24.5 Å². The Labute approximate surface area is 140 Å². The molecule has 2 aromatic rings. The zero-order valence-corrected chi connectivity index (χ0v) is 13.2. The monoisotopic (exact) mass is 322 g/mol. The van der Waals surface area contributed by atoms with Crippen LogP contribution in [0.3, 0.4) is 0 Å². The SMILES string of the molecule is N#Cc1ccc(NCc2cccc(NC(=O)[C@H]3CCCO3)c2)nc1. The van der Waals surface area contributed by atoms with Crippen LogP contribution in [-0.4, -0.2) is 23.6 Å². The lowest BCUT2D eigenvalue weighted by atomic mass is 10.2. The van der Waals surface area contributed by atoms with Crippen LogP contribution in [0.4, 0.5) is 11.5 Å². The number of ether oxygens (including phenoxy) is 1. The van der Waals surface area contributed by atoms with Crippen LogP contribution in [0, 0.1) is 11.3 Å². The number of carbonyl (C=O) groups is 1. The summed E-state index contributed by atoms with van der Waals surface area (Å²) in [7, 11) is 0. The van der Waals surface area contributed by atoms with Gasteiger partial charge in [0.1, 0.15) is 18.0 Å². The van der Waals surface area contributed by atoms with Gasteiger partial charge in [-0.05, 0) is 42.7 Å². The van der Waals surface area contributed by atoms with Crippen LogP contribution in [0.15, 0.2) is 42.6 Å². The molecule has 0 aliphatic carbocycles. The first kappa shape index (κ1) is 16.0. The van der Waals surface area contributed by atoms with Crippen molar-refractivity contribution in [3.63, 3.8) is 0 Å². The van der Waals surface area contributed by atoms with Crippen LogP contribution in [0.25, 0.3) is 0 Å². The number of hydrogen-bond donors (Lipinski definition) is 2. The minimum absolute atomic E-state index is 0.0913. The van der Waals surface area contributed by atoms with Crippen LogP contribution in [0.1, 0.15) is 24.0 Å². The molecular weight excluding hydrogens is 304 g/mol. The minimum Gasteiger partial charge on any atom is -0.368 e. The number of anilines is 2. The fourth-order valence-electron chi connectivity index (χ4n) is 2.52. The van der Waals surface area contributed by atoms with E-state index in [0.717, 1.165) is 24.1 Å². The van der Waals surface area contributed by atoms with Crippen molar-refractivity contribution in [2.45, 2.75) is 25.5 Å². The number of nitriles is 1. The molecule has 1 fully saturated rings. The van der Waals surface area contributed by atoms with Crippen molar-refractivity contribution in [1.29, 1.82) is 5.26 Å². The first-order valence-corrected chi connectivity index (χ1v) is 7.86. The maximum Gasteiger partial charge on any atom is 0.253 e. The van der Waals surface area contributed by atoms with Crippen molar-refractivity contribution < 1.29 is 9.53 Å². The van der Waals surface area contributed by atoms with Crippen LogP contribution >= 0.6 is 0 Å². The topological polar surface area (TPSA) is 87.0 Å². The number of carbonyl (C=O) groups excluding carboxylic acids is 1. The molecule has 1 aromatic carbocycles. The van der Waals surface area contributed by atoms with Crippen LogP contribution in [0.5, 0.6) is 0 Å².